The summed E-state index contributed by atoms with van der Waals surface area (Å²) >= 11 is 0. The molecule has 2 unspecified atom stereocenters. The van der Waals surface area contributed by atoms with Crippen LogP contribution in [0.1, 0.15) is 249 Å². The molecule has 100 heavy (non-hydrogen) atoms. The first-order valence-corrected chi connectivity index (χ1v) is 37.9. The zero-order valence-corrected chi connectivity index (χ0v) is 63.6. The summed E-state index contributed by atoms with van der Waals surface area (Å²) in [5, 5.41) is 0. The van der Waals surface area contributed by atoms with Crippen molar-refractivity contribution in [3.8, 4) is 22.3 Å². The molecule has 0 amide bonds. The maximum Gasteiger partial charge on any atom is 0.252 e. The second kappa shape index (κ2) is 21.1. The van der Waals surface area contributed by atoms with Gasteiger partial charge in [0.25, 0.3) is 6.71 Å². The van der Waals surface area contributed by atoms with Crippen molar-refractivity contribution in [2.45, 2.75) is 231 Å². The molecule has 4 heteroatoms. The molecule has 0 N–H and O–H groups in total. The Bertz CT molecular complexity index is 5090. The van der Waals surface area contributed by atoms with Gasteiger partial charge >= 0.3 is 0 Å². The lowest BCUT2D eigenvalue weighted by Crippen LogP contribution is -2.62. The minimum Gasteiger partial charge on any atom is -0.334 e. The Kier molecular flexibility index (Phi) is 13.7. The molecule has 7 aliphatic rings. The van der Waals surface area contributed by atoms with E-state index in [-0.39, 0.29) is 61.0 Å². The standard InChI is InChI=1S/C96H104BN3/c1-87(2,3)62-39-36-59(37-40-62)61-38-44-81-77(50-61)95(19)46-28-29-47-96(95,20)100(81)65-53-84-86-85(54-65)99(80-45-41-63(88(4,5)6)51-66(80)60-30-22-21-23-31-60)83-58-76-75(93(15,16)69-34-26-27-35-70(69)94(76,17)18)56-79(83)97(86)78-55-72-73(90(9,10)49-48-89(72,7)8)57-82(78)98(84)64-42-43-71-74(52-64)92(13,14)68-33-25-24-32-67(68)91(71,11)12/h21-27,30-45,50-58H,28-29,46-49H2,1-20H3. The second-order valence-electron chi connectivity index (χ2n) is 37.6. The van der Waals surface area contributed by atoms with Crippen LogP contribution >= 0.6 is 0 Å². The second-order valence-corrected chi connectivity index (χ2v) is 37.6. The van der Waals surface area contributed by atoms with Crippen LogP contribution in [-0.4, -0.2) is 12.3 Å². The van der Waals surface area contributed by atoms with E-state index in [0.29, 0.717) is 0 Å². The van der Waals surface area contributed by atoms with Crippen LogP contribution in [0.4, 0.5) is 45.5 Å². The lowest BCUT2D eigenvalue weighted by atomic mass is 9.32. The monoisotopic (exact) mass is 1310 g/mol. The number of fused-ring (bicyclic) bond motifs is 12. The Morgan fingerprint density at radius 2 is 0.770 bits per heavy atom. The van der Waals surface area contributed by atoms with Gasteiger partial charge in [0.05, 0.1) is 11.2 Å². The van der Waals surface area contributed by atoms with E-state index in [1.165, 1.54) is 169 Å². The van der Waals surface area contributed by atoms with E-state index in [1.54, 1.807) is 0 Å². The van der Waals surface area contributed by atoms with Gasteiger partial charge in [-0.2, -0.15) is 0 Å². The van der Waals surface area contributed by atoms with Gasteiger partial charge in [0.2, 0.25) is 0 Å². The van der Waals surface area contributed by atoms with Crippen molar-refractivity contribution in [2.24, 2.45) is 0 Å². The van der Waals surface area contributed by atoms with E-state index in [4.69, 9.17) is 0 Å². The lowest BCUT2D eigenvalue weighted by molar-refractivity contribution is 0.195. The fourth-order valence-electron chi connectivity index (χ4n) is 20.8. The molecule has 0 saturated heterocycles. The Hall–Kier alpha value is -8.34. The molecule has 10 aromatic rings. The number of benzene rings is 10. The molecule has 0 aromatic heterocycles. The van der Waals surface area contributed by atoms with Crippen molar-refractivity contribution in [1.82, 2.24) is 0 Å². The number of hydrogen-bond donors (Lipinski definition) is 0. The Balaban J connectivity index is 1.03. The van der Waals surface area contributed by atoms with E-state index >= 15 is 0 Å². The zero-order valence-electron chi connectivity index (χ0n) is 63.6. The molecule has 3 nitrogen and oxygen atoms in total. The third-order valence-electron chi connectivity index (χ3n) is 27.3. The summed E-state index contributed by atoms with van der Waals surface area (Å²) < 4.78 is 0. The smallest absolute Gasteiger partial charge is 0.252 e. The largest absolute Gasteiger partial charge is 0.334 e. The van der Waals surface area contributed by atoms with E-state index in [9.17, 15) is 0 Å². The molecule has 0 spiro atoms. The average Bonchev–Trinajstić information content (AvgIpc) is 1.30. The van der Waals surface area contributed by atoms with Crippen molar-refractivity contribution in [3.63, 3.8) is 0 Å². The molecule has 0 radical (unpaired) electrons. The molecule has 17 rings (SSSR count). The fourth-order valence-corrected chi connectivity index (χ4v) is 20.8. The van der Waals surface area contributed by atoms with Crippen LogP contribution in [0.3, 0.4) is 0 Å². The maximum atomic E-state index is 2.89. The highest BCUT2D eigenvalue weighted by molar-refractivity contribution is 7.00. The average molecular weight is 1310 g/mol. The van der Waals surface area contributed by atoms with Gasteiger partial charge in [0, 0.05) is 72.5 Å². The van der Waals surface area contributed by atoms with E-state index < -0.39 is 0 Å². The van der Waals surface area contributed by atoms with Crippen molar-refractivity contribution in [3.05, 3.63) is 266 Å². The van der Waals surface area contributed by atoms with Gasteiger partial charge in [0.15, 0.2) is 0 Å². The van der Waals surface area contributed by atoms with Crippen molar-refractivity contribution < 1.29 is 0 Å². The van der Waals surface area contributed by atoms with Crippen LogP contribution in [0.15, 0.2) is 194 Å². The number of nitrogens with zero attached hydrogens (tertiary/aromatic N) is 3. The Morgan fingerprint density at radius 3 is 1.36 bits per heavy atom. The minimum absolute atomic E-state index is 0.0397. The molecule has 0 bridgehead atoms. The molecule has 1 fully saturated rings. The summed E-state index contributed by atoms with van der Waals surface area (Å²) in [5.41, 5.74) is 36.2. The quantitative estimate of drug-likeness (QED) is 0.159. The molecule has 3 aliphatic heterocycles. The van der Waals surface area contributed by atoms with Crippen molar-refractivity contribution >= 4 is 68.6 Å². The van der Waals surface area contributed by atoms with Gasteiger partial charge in [0.1, 0.15) is 0 Å². The molecule has 3 heterocycles. The predicted octanol–water partition coefficient (Wildman–Crippen LogP) is 23.7. The van der Waals surface area contributed by atoms with Gasteiger partial charge in [-0.15, -0.1) is 0 Å². The number of hydrogen-bond acceptors (Lipinski definition) is 3. The van der Waals surface area contributed by atoms with Crippen LogP contribution in [-0.2, 0) is 48.7 Å². The van der Waals surface area contributed by atoms with Crippen LogP contribution in [0, 0.1) is 0 Å². The van der Waals surface area contributed by atoms with Gasteiger partial charge in [-0.05, 0) is 220 Å². The maximum absolute atomic E-state index is 2.89. The Morgan fingerprint density at radius 1 is 0.310 bits per heavy atom. The summed E-state index contributed by atoms with van der Waals surface area (Å²) in [7, 11) is 0. The summed E-state index contributed by atoms with van der Waals surface area (Å²) in [6.07, 6.45) is 6.86. The molecule has 1 saturated carbocycles. The third kappa shape index (κ3) is 9.01. The SMILES string of the molecule is CC(C)(C)c1ccc(-c2ccc3c(c2)C2(C)CCCCC2(C)N3c2cc3c4c(c2)N(c2ccc(C(C)(C)C)cc2-c2ccccc2)c2cc5c(cc2B4c2cc4c(cc2N3c2ccc3c(c2)C(C)(C)c2ccccc2C3(C)C)C(C)(C)CCC4(C)C)C(C)(C)c2ccccc2C5(C)C)cc1. The molecule has 506 valence electrons. The van der Waals surface area contributed by atoms with Crippen LogP contribution in [0.2, 0.25) is 0 Å². The molecule has 2 atom stereocenters. The van der Waals surface area contributed by atoms with Crippen molar-refractivity contribution in [2.75, 3.05) is 14.7 Å². The highest BCUT2D eigenvalue weighted by Crippen LogP contribution is 2.64. The molecular weight excluding hydrogens is 1210 g/mol. The van der Waals surface area contributed by atoms with Gasteiger partial charge < -0.3 is 14.7 Å². The van der Waals surface area contributed by atoms with Gasteiger partial charge in [-0.1, -0.05) is 278 Å². The van der Waals surface area contributed by atoms with Crippen LogP contribution in [0.25, 0.3) is 22.3 Å². The fraction of sp³-hybridized carbons (Fsp3) is 0.375. The molecule has 4 aliphatic carbocycles. The number of anilines is 8. The highest BCUT2D eigenvalue weighted by atomic mass is 15.3. The normalized spacial score (nSPS) is 21.6. The van der Waals surface area contributed by atoms with Gasteiger partial charge in [-0.25, -0.2) is 0 Å². The lowest BCUT2D eigenvalue weighted by Gasteiger charge is -2.52. The third-order valence-corrected chi connectivity index (χ3v) is 27.3. The first-order chi connectivity index (χ1) is 47.1. The topological polar surface area (TPSA) is 9.72 Å². The van der Waals surface area contributed by atoms with Crippen LogP contribution in [0.5, 0.6) is 0 Å². The zero-order chi connectivity index (χ0) is 70.3. The summed E-state index contributed by atoms with van der Waals surface area (Å²) in [6, 6.07) is 78.7. The minimum atomic E-state index is -0.300. The highest BCUT2D eigenvalue weighted by Gasteiger charge is 2.59. The molecule has 10 aromatic carbocycles. The first kappa shape index (κ1) is 65.0. The van der Waals surface area contributed by atoms with Gasteiger partial charge in [-0.3, -0.25) is 0 Å². The van der Waals surface area contributed by atoms with E-state index in [0.717, 1.165) is 25.7 Å². The first-order valence-electron chi connectivity index (χ1n) is 37.9. The summed E-state index contributed by atoms with van der Waals surface area (Å²) in [6.45, 7) is 49.3. The summed E-state index contributed by atoms with van der Waals surface area (Å²) in [4.78, 5) is 8.51. The van der Waals surface area contributed by atoms with Crippen molar-refractivity contribution in [1.29, 1.82) is 0 Å². The summed E-state index contributed by atoms with van der Waals surface area (Å²) in [5.74, 6) is 0. The molecular formula is C96H104BN3. The van der Waals surface area contributed by atoms with Crippen LogP contribution < -0.4 is 31.1 Å². The Labute approximate surface area is 599 Å². The predicted molar refractivity (Wildman–Crippen MR) is 428 cm³/mol. The van der Waals surface area contributed by atoms with E-state index in [1.807, 2.05) is 0 Å². The van der Waals surface area contributed by atoms with E-state index in [2.05, 4.69) is 347 Å². The number of rotatable bonds is 5.